The van der Waals surface area contributed by atoms with Crippen molar-refractivity contribution < 1.29 is 13.2 Å². The number of alkyl halides is 3. The van der Waals surface area contributed by atoms with Gasteiger partial charge in [0.15, 0.2) is 0 Å². The Morgan fingerprint density at radius 2 is 1.79 bits per heavy atom. The smallest absolute Gasteiger partial charge is 0.298 e. The lowest BCUT2D eigenvalue weighted by molar-refractivity contribution is -0.194. The molecule has 0 aromatic heterocycles. The van der Waals surface area contributed by atoms with Crippen molar-refractivity contribution in [2.24, 2.45) is 0 Å². The van der Waals surface area contributed by atoms with Gasteiger partial charge in [0.05, 0.1) is 0 Å². The van der Waals surface area contributed by atoms with E-state index in [1.807, 2.05) is 18.7 Å². The molecule has 0 aliphatic carbocycles. The van der Waals surface area contributed by atoms with Crippen molar-refractivity contribution in [1.29, 1.82) is 0 Å². The molecule has 1 rings (SSSR count). The van der Waals surface area contributed by atoms with E-state index in [-0.39, 0.29) is 12.6 Å². The normalized spacial score (nSPS) is 27.2. The van der Waals surface area contributed by atoms with Gasteiger partial charge in [-0.3, -0.25) is 9.80 Å². The summed E-state index contributed by atoms with van der Waals surface area (Å²) < 4.78 is 37.7. The standard InChI is InChI=1S/C9H17F3N2/c1-7(2)14-5-4-13(3)8(6-14)9(10,11)12/h7-8H,4-6H2,1-3H3/t8-/m0/s1. The zero-order valence-corrected chi connectivity index (χ0v) is 8.80. The highest BCUT2D eigenvalue weighted by Crippen LogP contribution is 2.27. The maximum Gasteiger partial charge on any atom is 0.405 e. The Hall–Kier alpha value is -0.290. The Kier molecular flexibility index (Phi) is 3.42. The molecule has 1 atom stereocenters. The summed E-state index contributed by atoms with van der Waals surface area (Å²) in [6.45, 7) is 5.16. The van der Waals surface area contributed by atoms with E-state index >= 15 is 0 Å². The lowest BCUT2D eigenvalue weighted by atomic mass is 10.1. The molecule has 14 heavy (non-hydrogen) atoms. The molecule has 0 aromatic rings. The minimum Gasteiger partial charge on any atom is -0.298 e. The summed E-state index contributed by atoms with van der Waals surface area (Å²) in [5, 5.41) is 0. The van der Waals surface area contributed by atoms with Crippen molar-refractivity contribution in [1.82, 2.24) is 9.80 Å². The van der Waals surface area contributed by atoms with Crippen molar-refractivity contribution in [2.75, 3.05) is 26.7 Å². The van der Waals surface area contributed by atoms with E-state index in [4.69, 9.17) is 0 Å². The third-order valence-corrected chi connectivity index (χ3v) is 2.79. The van der Waals surface area contributed by atoms with Crippen LogP contribution in [0.1, 0.15) is 13.8 Å². The van der Waals surface area contributed by atoms with Crippen LogP contribution in [0, 0.1) is 0 Å². The predicted octanol–water partition coefficient (Wildman–Crippen LogP) is 1.57. The van der Waals surface area contributed by atoms with Crippen molar-refractivity contribution in [3.63, 3.8) is 0 Å². The molecule has 0 amide bonds. The molecule has 0 radical (unpaired) electrons. The minimum absolute atomic E-state index is 0.0949. The second-order valence-corrected chi connectivity index (χ2v) is 4.13. The van der Waals surface area contributed by atoms with Crippen LogP contribution in [0.25, 0.3) is 0 Å². The van der Waals surface area contributed by atoms with Crippen LogP contribution in [0.2, 0.25) is 0 Å². The van der Waals surface area contributed by atoms with Gasteiger partial charge in [0.25, 0.3) is 0 Å². The van der Waals surface area contributed by atoms with E-state index in [1.54, 1.807) is 0 Å². The minimum atomic E-state index is -4.11. The average Bonchev–Trinajstić information content (AvgIpc) is 2.02. The van der Waals surface area contributed by atoms with Gasteiger partial charge in [-0.2, -0.15) is 13.2 Å². The Morgan fingerprint density at radius 3 is 2.21 bits per heavy atom. The van der Waals surface area contributed by atoms with Gasteiger partial charge in [0.1, 0.15) is 6.04 Å². The topological polar surface area (TPSA) is 6.48 Å². The van der Waals surface area contributed by atoms with Gasteiger partial charge in [0.2, 0.25) is 0 Å². The number of nitrogens with zero attached hydrogens (tertiary/aromatic N) is 2. The molecule has 0 spiro atoms. The molecular formula is C9H17F3N2. The van der Waals surface area contributed by atoms with Crippen LogP contribution in [0.4, 0.5) is 13.2 Å². The molecule has 0 N–H and O–H groups in total. The third-order valence-electron chi connectivity index (χ3n) is 2.79. The zero-order chi connectivity index (χ0) is 10.9. The van der Waals surface area contributed by atoms with Crippen molar-refractivity contribution in [3.05, 3.63) is 0 Å². The Labute approximate surface area is 82.7 Å². The number of piperazine rings is 1. The Balaban J connectivity index is 2.65. The fourth-order valence-corrected chi connectivity index (χ4v) is 1.72. The summed E-state index contributed by atoms with van der Waals surface area (Å²) in [4.78, 5) is 3.26. The van der Waals surface area contributed by atoms with Crippen LogP contribution in [0.5, 0.6) is 0 Å². The van der Waals surface area contributed by atoms with Gasteiger partial charge in [-0.05, 0) is 20.9 Å². The Bertz CT molecular complexity index is 191. The largest absolute Gasteiger partial charge is 0.405 e. The van der Waals surface area contributed by atoms with Crippen LogP contribution in [-0.4, -0.2) is 54.7 Å². The molecule has 2 nitrogen and oxygen atoms in total. The monoisotopic (exact) mass is 210 g/mol. The van der Waals surface area contributed by atoms with Gasteiger partial charge in [0, 0.05) is 25.7 Å². The van der Waals surface area contributed by atoms with E-state index in [0.29, 0.717) is 6.54 Å². The van der Waals surface area contributed by atoms with E-state index in [9.17, 15) is 13.2 Å². The summed E-state index contributed by atoms with van der Waals surface area (Å²) in [7, 11) is 1.54. The summed E-state index contributed by atoms with van der Waals surface area (Å²) in [6.07, 6.45) is -4.11. The number of rotatable bonds is 1. The highest BCUT2D eigenvalue weighted by molar-refractivity contribution is 4.86. The fraction of sp³-hybridized carbons (Fsp3) is 1.00. The van der Waals surface area contributed by atoms with E-state index in [0.717, 1.165) is 6.54 Å². The summed E-state index contributed by atoms with van der Waals surface area (Å²) in [5.74, 6) is 0. The van der Waals surface area contributed by atoms with Crippen LogP contribution < -0.4 is 0 Å². The SMILES string of the molecule is CC(C)N1CCN(C)[C@H](C(F)(F)F)C1. The van der Waals surface area contributed by atoms with Crippen LogP contribution >= 0.6 is 0 Å². The molecule has 1 saturated heterocycles. The van der Waals surface area contributed by atoms with Gasteiger partial charge in [-0.25, -0.2) is 0 Å². The lowest BCUT2D eigenvalue weighted by Crippen LogP contribution is -2.58. The molecule has 0 aromatic carbocycles. The highest BCUT2D eigenvalue weighted by Gasteiger charge is 2.45. The van der Waals surface area contributed by atoms with E-state index in [2.05, 4.69) is 0 Å². The summed E-state index contributed by atoms with van der Waals surface area (Å²) >= 11 is 0. The second-order valence-electron chi connectivity index (χ2n) is 4.13. The predicted molar refractivity (Wildman–Crippen MR) is 49.2 cm³/mol. The average molecular weight is 210 g/mol. The van der Waals surface area contributed by atoms with Crippen LogP contribution in [-0.2, 0) is 0 Å². The first kappa shape index (κ1) is 11.8. The zero-order valence-electron chi connectivity index (χ0n) is 8.80. The maximum absolute atomic E-state index is 12.6. The quantitative estimate of drug-likeness (QED) is 0.648. The Morgan fingerprint density at radius 1 is 1.21 bits per heavy atom. The molecule has 84 valence electrons. The summed E-state index contributed by atoms with van der Waals surface area (Å²) in [5.41, 5.74) is 0. The number of halogens is 3. The fourth-order valence-electron chi connectivity index (χ4n) is 1.72. The first-order chi connectivity index (χ1) is 6.32. The molecule has 0 unspecified atom stereocenters. The summed E-state index contributed by atoms with van der Waals surface area (Å²) in [6, 6.07) is -1.12. The van der Waals surface area contributed by atoms with Crippen LogP contribution in [0.15, 0.2) is 0 Å². The van der Waals surface area contributed by atoms with Crippen molar-refractivity contribution >= 4 is 0 Å². The van der Waals surface area contributed by atoms with E-state index < -0.39 is 12.2 Å². The highest BCUT2D eigenvalue weighted by atomic mass is 19.4. The number of likely N-dealkylation sites (N-methyl/N-ethyl adjacent to an activating group) is 1. The molecule has 1 aliphatic heterocycles. The van der Waals surface area contributed by atoms with Crippen LogP contribution in [0.3, 0.4) is 0 Å². The first-order valence-electron chi connectivity index (χ1n) is 4.83. The second kappa shape index (κ2) is 4.06. The van der Waals surface area contributed by atoms with E-state index in [1.165, 1.54) is 11.9 Å². The first-order valence-corrected chi connectivity index (χ1v) is 4.83. The van der Waals surface area contributed by atoms with Gasteiger partial charge >= 0.3 is 6.18 Å². The molecule has 1 heterocycles. The number of hydrogen-bond donors (Lipinski definition) is 0. The van der Waals surface area contributed by atoms with Crippen molar-refractivity contribution in [2.45, 2.75) is 32.1 Å². The molecule has 0 bridgehead atoms. The van der Waals surface area contributed by atoms with Gasteiger partial charge < -0.3 is 0 Å². The van der Waals surface area contributed by atoms with Gasteiger partial charge in [-0.1, -0.05) is 0 Å². The molecule has 5 heteroatoms. The molecule has 1 fully saturated rings. The van der Waals surface area contributed by atoms with Gasteiger partial charge in [-0.15, -0.1) is 0 Å². The lowest BCUT2D eigenvalue weighted by Gasteiger charge is -2.41. The van der Waals surface area contributed by atoms with Crippen molar-refractivity contribution in [3.8, 4) is 0 Å². The maximum atomic E-state index is 12.6. The third kappa shape index (κ3) is 2.60. The molecule has 1 aliphatic rings. The molecule has 0 saturated carbocycles. The molecular weight excluding hydrogens is 193 g/mol. The number of hydrogen-bond acceptors (Lipinski definition) is 2.